The van der Waals surface area contributed by atoms with E-state index in [0.717, 1.165) is 5.56 Å². The van der Waals surface area contributed by atoms with Gasteiger partial charge in [-0.15, -0.1) is 0 Å². The van der Waals surface area contributed by atoms with Crippen molar-refractivity contribution in [2.75, 3.05) is 11.6 Å². The molecule has 0 atom stereocenters. The monoisotopic (exact) mass is 335 g/mol. The summed E-state index contributed by atoms with van der Waals surface area (Å²) < 4.78 is 18.9. The minimum atomic E-state index is -1.09. The second-order valence-corrected chi connectivity index (χ2v) is 5.34. The van der Waals surface area contributed by atoms with Crippen molar-refractivity contribution in [2.24, 2.45) is 0 Å². The highest BCUT2D eigenvalue weighted by molar-refractivity contribution is 5.95. The number of halogens is 1. The molecule has 0 aliphatic rings. The fourth-order valence-corrected chi connectivity index (χ4v) is 2.41. The Morgan fingerprint density at radius 3 is 2.32 bits per heavy atom. The van der Waals surface area contributed by atoms with Crippen LogP contribution in [0.3, 0.4) is 0 Å². The summed E-state index contributed by atoms with van der Waals surface area (Å²) in [6.45, 7) is -0.854. The molecule has 5 heteroatoms. The van der Waals surface area contributed by atoms with Gasteiger partial charge in [0.2, 0.25) is 5.88 Å². The van der Waals surface area contributed by atoms with Crippen LogP contribution < -0.4 is 9.64 Å². The summed E-state index contributed by atoms with van der Waals surface area (Å²) in [4.78, 5) is 17.8. The standard InChI is InChI=1S/C20H17FN2O2/c21-14-19(24)23(15-16-8-3-1-4-9-16)18-12-7-13-22-20(18)25-17-10-5-2-6-11-17/h1-13H,14-15H2/i21-1. The topological polar surface area (TPSA) is 42.4 Å². The highest BCUT2D eigenvalue weighted by Crippen LogP contribution is 2.31. The van der Waals surface area contributed by atoms with E-state index in [2.05, 4.69) is 4.98 Å². The zero-order chi connectivity index (χ0) is 17.5. The van der Waals surface area contributed by atoms with Gasteiger partial charge in [0.25, 0.3) is 5.91 Å². The Labute approximate surface area is 145 Å². The van der Waals surface area contributed by atoms with Crippen LogP contribution in [0.2, 0.25) is 0 Å². The van der Waals surface area contributed by atoms with Crippen molar-refractivity contribution >= 4 is 11.6 Å². The van der Waals surface area contributed by atoms with Crippen LogP contribution in [0.1, 0.15) is 5.56 Å². The predicted octanol–water partition coefficient (Wildman–Crippen LogP) is 4.38. The maximum Gasteiger partial charge on any atom is 0.258 e. The van der Waals surface area contributed by atoms with Crippen LogP contribution in [-0.4, -0.2) is 17.6 Å². The number of hydrogen-bond donors (Lipinski definition) is 0. The lowest BCUT2D eigenvalue weighted by atomic mass is 10.2. The summed E-state index contributed by atoms with van der Waals surface area (Å²) in [5.74, 6) is 0.205. The molecule has 0 unspecified atom stereocenters. The molecule has 1 aromatic heterocycles. The number of carbonyl (C=O) groups is 1. The minimum absolute atomic E-state index is 0.237. The summed E-state index contributed by atoms with van der Waals surface area (Å²) in [7, 11) is 0. The van der Waals surface area contributed by atoms with Crippen molar-refractivity contribution < 1.29 is 13.9 Å². The van der Waals surface area contributed by atoms with E-state index in [1.807, 2.05) is 48.5 Å². The molecule has 2 aromatic carbocycles. The summed E-state index contributed by atoms with van der Waals surface area (Å²) in [5.41, 5.74) is 1.32. The Hall–Kier alpha value is -3.21. The number of ether oxygens (including phenoxy) is 1. The lowest BCUT2D eigenvalue weighted by molar-refractivity contribution is -0.119. The van der Waals surface area contributed by atoms with Crippen molar-refractivity contribution in [2.45, 2.75) is 6.54 Å². The van der Waals surface area contributed by atoms with E-state index in [1.54, 1.807) is 30.5 Å². The van der Waals surface area contributed by atoms with Gasteiger partial charge in [-0.05, 0) is 29.8 Å². The fourth-order valence-electron chi connectivity index (χ4n) is 2.41. The Morgan fingerprint density at radius 2 is 1.64 bits per heavy atom. The zero-order valence-corrected chi connectivity index (χ0v) is 13.5. The normalized spacial score (nSPS) is 10.3. The van der Waals surface area contributed by atoms with Crippen molar-refractivity contribution in [3.8, 4) is 11.6 Å². The Bertz CT molecular complexity index is 825. The average Bonchev–Trinajstić information content (AvgIpc) is 2.68. The Balaban J connectivity index is 1.94. The van der Waals surface area contributed by atoms with Crippen molar-refractivity contribution in [3.05, 3.63) is 84.6 Å². The Morgan fingerprint density at radius 1 is 0.960 bits per heavy atom. The molecule has 3 rings (SSSR count). The highest BCUT2D eigenvalue weighted by Gasteiger charge is 2.21. The van der Waals surface area contributed by atoms with Gasteiger partial charge in [0, 0.05) is 6.20 Å². The molecule has 0 saturated carbocycles. The van der Waals surface area contributed by atoms with E-state index < -0.39 is 12.6 Å². The summed E-state index contributed by atoms with van der Waals surface area (Å²) in [6, 6.07) is 21.9. The van der Waals surface area contributed by atoms with Crippen LogP contribution in [-0.2, 0) is 11.3 Å². The maximum absolute atomic E-state index is 13.1. The first-order chi connectivity index (χ1) is 12.3. The predicted molar refractivity (Wildman–Crippen MR) is 94.4 cm³/mol. The number of amides is 1. The molecule has 1 amide bonds. The number of aromatic nitrogens is 1. The molecule has 3 aromatic rings. The van der Waals surface area contributed by atoms with Crippen LogP contribution in [0.4, 0.5) is 10.1 Å². The number of anilines is 1. The van der Waals surface area contributed by atoms with E-state index in [4.69, 9.17) is 4.74 Å². The van der Waals surface area contributed by atoms with Crippen LogP contribution in [0.5, 0.6) is 11.6 Å². The molecule has 126 valence electrons. The zero-order valence-electron chi connectivity index (χ0n) is 13.5. The van der Waals surface area contributed by atoms with Crippen molar-refractivity contribution in [1.82, 2.24) is 4.98 Å². The van der Waals surface area contributed by atoms with Gasteiger partial charge >= 0.3 is 0 Å². The third-order valence-electron chi connectivity index (χ3n) is 3.60. The third kappa shape index (κ3) is 4.20. The van der Waals surface area contributed by atoms with Crippen LogP contribution in [0.25, 0.3) is 0 Å². The van der Waals surface area contributed by atoms with Gasteiger partial charge in [-0.1, -0.05) is 48.5 Å². The number of carbonyl (C=O) groups excluding carboxylic acids is 1. The summed E-state index contributed by atoms with van der Waals surface area (Å²) in [6.07, 6.45) is 1.57. The van der Waals surface area contributed by atoms with Crippen molar-refractivity contribution in [3.63, 3.8) is 0 Å². The fraction of sp³-hybridized carbons (Fsp3) is 0.100. The molecule has 25 heavy (non-hydrogen) atoms. The Kier molecular flexibility index (Phi) is 5.36. The number of nitrogens with zero attached hydrogens (tertiary/aromatic N) is 2. The van der Waals surface area contributed by atoms with Gasteiger partial charge in [-0.2, -0.15) is 0 Å². The first-order valence-electron chi connectivity index (χ1n) is 7.86. The first kappa shape index (κ1) is 16.6. The van der Waals surface area contributed by atoms with Gasteiger partial charge in [0.15, 0.2) is 6.67 Å². The summed E-state index contributed by atoms with van der Waals surface area (Å²) in [5, 5.41) is 0. The number of alkyl halides is 1. The number of para-hydroxylation sites is 1. The van der Waals surface area contributed by atoms with E-state index >= 15 is 0 Å². The summed E-state index contributed by atoms with van der Waals surface area (Å²) >= 11 is 0. The van der Waals surface area contributed by atoms with Gasteiger partial charge < -0.3 is 9.64 Å². The molecule has 0 radical (unpaired) electrons. The van der Waals surface area contributed by atoms with Crippen molar-refractivity contribution in [1.29, 1.82) is 0 Å². The molecule has 0 fully saturated rings. The average molecular weight is 335 g/mol. The molecule has 0 aliphatic carbocycles. The SMILES string of the molecule is O=C(C[18F])N(Cc1ccccc1)c1cccnc1Oc1ccccc1. The van der Waals surface area contributed by atoms with E-state index in [9.17, 15) is 9.18 Å². The molecular weight excluding hydrogens is 318 g/mol. The highest BCUT2D eigenvalue weighted by atomic mass is 18.2. The number of hydrogen-bond acceptors (Lipinski definition) is 3. The molecule has 4 nitrogen and oxygen atoms in total. The molecule has 1 heterocycles. The second kappa shape index (κ2) is 8.06. The maximum atomic E-state index is 13.1. The number of benzene rings is 2. The molecule has 0 aliphatic heterocycles. The second-order valence-electron chi connectivity index (χ2n) is 5.34. The quantitative estimate of drug-likeness (QED) is 0.671. The van der Waals surface area contributed by atoms with Crippen LogP contribution in [0, 0.1) is 0 Å². The van der Waals surface area contributed by atoms with E-state index in [-0.39, 0.29) is 12.4 Å². The first-order valence-corrected chi connectivity index (χ1v) is 7.86. The van der Waals surface area contributed by atoms with E-state index in [1.165, 1.54) is 4.90 Å². The van der Waals surface area contributed by atoms with Gasteiger partial charge in [-0.3, -0.25) is 4.79 Å². The van der Waals surface area contributed by atoms with Crippen LogP contribution in [0.15, 0.2) is 79.0 Å². The lowest BCUT2D eigenvalue weighted by Gasteiger charge is -2.23. The van der Waals surface area contributed by atoms with Gasteiger partial charge in [0.05, 0.1) is 6.54 Å². The lowest BCUT2D eigenvalue weighted by Crippen LogP contribution is -2.32. The molecule has 0 spiro atoms. The minimum Gasteiger partial charge on any atom is -0.437 e. The molecule has 0 saturated heterocycles. The van der Waals surface area contributed by atoms with E-state index in [0.29, 0.717) is 11.4 Å². The third-order valence-corrected chi connectivity index (χ3v) is 3.60. The molecular formula is C20H17FN2O2. The smallest absolute Gasteiger partial charge is 0.258 e. The molecule has 0 N–H and O–H groups in total. The largest absolute Gasteiger partial charge is 0.437 e. The number of rotatable bonds is 6. The van der Waals surface area contributed by atoms with Gasteiger partial charge in [0.1, 0.15) is 11.4 Å². The van der Waals surface area contributed by atoms with Crippen LogP contribution >= 0.6 is 0 Å². The van der Waals surface area contributed by atoms with Gasteiger partial charge in [-0.25, -0.2) is 9.37 Å². The molecule has 0 bridgehead atoms. The number of pyridine rings is 1.